The van der Waals surface area contributed by atoms with Gasteiger partial charge in [-0.1, -0.05) is 0 Å². The first kappa shape index (κ1) is 13.4. The zero-order valence-corrected chi connectivity index (χ0v) is 11.3. The molecule has 0 aliphatic rings. The number of hydrogen-bond donors (Lipinski definition) is 2. The molecular weight excluding hydrogens is 266 g/mol. The Morgan fingerprint density at radius 3 is 2.47 bits per heavy atom. The van der Waals surface area contributed by atoms with Gasteiger partial charge in [0.2, 0.25) is 5.76 Å². The first-order chi connectivity index (χ1) is 8.97. The third-order valence-electron chi connectivity index (χ3n) is 2.58. The Labute approximate surface area is 113 Å². The van der Waals surface area contributed by atoms with E-state index in [4.69, 9.17) is 9.52 Å². The number of amides is 1. The Morgan fingerprint density at radius 2 is 1.95 bits per heavy atom. The van der Waals surface area contributed by atoms with Crippen LogP contribution < -0.4 is 5.32 Å². The van der Waals surface area contributed by atoms with Gasteiger partial charge in [-0.05, 0) is 38.1 Å². The van der Waals surface area contributed by atoms with Crippen molar-refractivity contribution in [3.05, 3.63) is 45.5 Å². The van der Waals surface area contributed by atoms with E-state index in [1.807, 2.05) is 26.0 Å². The van der Waals surface area contributed by atoms with Gasteiger partial charge in [0.1, 0.15) is 0 Å². The van der Waals surface area contributed by atoms with Crippen molar-refractivity contribution in [2.75, 3.05) is 0 Å². The minimum atomic E-state index is -1.19. The lowest BCUT2D eigenvalue weighted by Crippen LogP contribution is -2.25. The van der Waals surface area contributed by atoms with Crippen LogP contribution in [-0.4, -0.2) is 17.0 Å². The molecule has 1 amide bonds. The Hall–Kier alpha value is -2.08. The second-order valence-electron chi connectivity index (χ2n) is 4.11. The highest BCUT2D eigenvalue weighted by molar-refractivity contribution is 7.12. The van der Waals surface area contributed by atoms with Gasteiger partial charge in [0, 0.05) is 9.75 Å². The summed E-state index contributed by atoms with van der Waals surface area (Å²) in [4.78, 5) is 24.7. The molecule has 0 spiro atoms. The number of furan rings is 1. The fraction of sp³-hybridized carbons (Fsp3) is 0.231. The third-order valence-corrected chi connectivity index (χ3v) is 3.76. The van der Waals surface area contributed by atoms with E-state index in [2.05, 4.69) is 5.32 Å². The summed E-state index contributed by atoms with van der Waals surface area (Å²) in [5, 5.41) is 11.5. The summed E-state index contributed by atoms with van der Waals surface area (Å²) in [6.07, 6.45) is 0. The quantitative estimate of drug-likeness (QED) is 0.902. The molecule has 19 heavy (non-hydrogen) atoms. The second-order valence-corrected chi connectivity index (χ2v) is 5.43. The number of carbonyl (C=O) groups excluding carboxylic acids is 1. The molecule has 5 nitrogen and oxygen atoms in total. The van der Waals surface area contributed by atoms with Crippen molar-refractivity contribution in [3.63, 3.8) is 0 Å². The van der Waals surface area contributed by atoms with Crippen molar-refractivity contribution in [1.82, 2.24) is 5.32 Å². The van der Waals surface area contributed by atoms with Crippen LogP contribution in [0.15, 0.2) is 28.7 Å². The molecule has 0 saturated heterocycles. The van der Waals surface area contributed by atoms with Gasteiger partial charge in [-0.25, -0.2) is 4.79 Å². The Morgan fingerprint density at radius 1 is 1.26 bits per heavy atom. The molecule has 0 bridgehead atoms. The number of thiophene rings is 1. The minimum absolute atomic E-state index is 0.00229. The van der Waals surface area contributed by atoms with E-state index in [0.29, 0.717) is 0 Å². The number of carboxylic acid groups (broad SMARTS) is 1. The van der Waals surface area contributed by atoms with Gasteiger partial charge in [-0.3, -0.25) is 4.79 Å². The van der Waals surface area contributed by atoms with Crippen LogP contribution in [0.25, 0.3) is 0 Å². The van der Waals surface area contributed by atoms with Gasteiger partial charge in [-0.2, -0.15) is 0 Å². The predicted molar refractivity (Wildman–Crippen MR) is 70.6 cm³/mol. The van der Waals surface area contributed by atoms with Crippen LogP contribution in [0.2, 0.25) is 0 Å². The molecule has 2 rings (SSSR count). The van der Waals surface area contributed by atoms with Gasteiger partial charge in [-0.15, -0.1) is 11.3 Å². The van der Waals surface area contributed by atoms with Crippen molar-refractivity contribution in [1.29, 1.82) is 0 Å². The van der Waals surface area contributed by atoms with Gasteiger partial charge >= 0.3 is 5.97 Å². The maximum Gasteiger partial charge on any atom is 0.371 e. The Kier molecular flexibility index (Phi) is 3.71. The highest BCUT2D eigenvalue weighted by Gasteiger charge is 2.17. The van der Waals surface area contributed by atoms with Crippen molar-refractivity contribution in [2.24, 2.45) is 0 Å². The highest BCUT2D eigenvalue weighted by atomic mass is 32.1. The first-order valence-corrected chi connectivity index (χ1v) is 6.49. The fourth-order valence-electron chi connectivity index (χ4n) is 1.60. The Balaban J connectivity index is 2.06. The summed E-state index contributed by atoms with van der Waals surface area (Å²) < 4.78 is 4.94. The number of carboxylic acids is 1. The molecule has 2 aromatic heterocycles. The van der Waals surface area contributed by atoms with E-state index in [0.717, 1.165) is 4.88 Å². The van der Waals surface area contributed by atoms with E-state index in [1.54, 1.807) is 11.3 Å². The lowest BCUT2D eigenvalue weighted by atomic mass is 10.2. The number of rotatable bonds is 4. The fourth-order valence-corrected chi connectivity index (χ4v) is 2.48. The average Bonchev–Trinajstić information content (AvgIpc) is 2.96. The van der Waals surface area contributed by atoms with E-state index in [-0.39, 0.29) is 17.6 Å². The topological polar surface area (TPSA) is 79.5 Å². The minimum Gasteiger partial charge on any atom is -0.475 e. The first-order valence-electron chi connectivity index (χ1n) is 5.67. The van der Waals surface area contributed by atoms with Crippen LogP contribution in [-0.2, 0) is 0 Å². The summed E-state index contributed by atoms with van der Waals surface area (Å²) in [5.74, 6) is -1.87. The lowest BCUT2D eigenvalue weighted by molar-refractivity contribution is 0.0659. The van der Waals surface area contributed by atoms with Gasteiger partial charge in [0.05, 0.1) is 6.04 Å². The van der Waals surface area contributed by atoms with Gasteiger partial charge in [0.25, 0.3) is 5.91 Å². The predicted octanol–water partition coefficient (Wildman–Crippen LogP) is 2.84. The molecule has 2 aromatic rings. The van der Waals surface area contributed by atoms with Crippen molar-refractivity contribution in [3.8, 4) is 0 Å². The monoisotopic (exact) mass is 279 g/mol. The molecule has 0 radical (unpaired) electrons. The van der Waals surface area contributed by atoms with Crippen LogP contribution >= 0.6 is 11.3 Å². The smallest absolute Gasteiger partial charge is 0.371 e. The summed E-state index contributed by atoms with van der Waals surface area (Å²) in [6.45, 7) is 3.86. The maximum absolute atomic E-state index is 11.9. The number of aromatic carboxylic acids is 1. The van der Waals surface area contributed by atoms with E-state index >= 15 is 0 Å². The standard InChI is InChI=1S/C13H13NO4S/c1-7-3-6-11(19-7)8(2)14-12(15)9-4-5-10(18-9)13(16)17/h3-6,8H,1-2H3,(H,14,15)(H,16,17). The molecule has 2 heterocycles. The zero-order valence-electron chi connectivity index (χ0n) is 10.5. The largest absolute Gasteiger partial charge is 0.475 e. The molecule has 1 unspecified atom stereocenters. The number of aryl methyl sites for hydroxylation is 1. The summed E-state index contributed by atoms with van der Waals surface area (Å²) in [6, 6.07) is 6.40. The molecule has 2 N–H and O–H groups in total. The molecule has 0 saturated carbocycles. The molecular formula is C13H13NO4S. The lowest BCUT2D eigenvalue weighted by Gasteiger charge is -2.10. The average molecular weight is 279 g/mol. The molecule has 0 aromatic carbocycles. The summed E-state index contributed by atoms with van der Waals surface area (Å²) in [7, 11) is 0. The molecule has 0 fully saturated rings. The molecule has 0 aliphatic heterocycles. The van der Waals surface area contributed by atoms with Crippen LogP contribution in [0.4, 0.5) is 0 Å². The van der Waals surface area contributed by atoms with Crippen molar-refractivity contribution < 1.29 is 19.1 Å². The normalized spacial score (nSPS) is 12.1. The number of nitrogens with one attached hydrogen (secondary N) is 1. The van der Waals surface area contributed by atoms with Crippen LogP contribution in [0, 0.1) is 6.92 Å². The summed E-state index contributed by atoms with van der Waals surface area (Å²) in [5.41, 5.74) is 0. The maximum atomic E-state index is 11.9. The van der Waals surface area contributed by atoms with Gasteiger partial charge in [0.15, 0.2) is 5.76 Å². The van der Waals surface area contributed by atoms with Crippen LogP contribution in [0.1, 0.15) is 43.8 Å². The van der Waals surface area contributed by atoms with E-state index < -0.39 is 11.9 Å². The zero-order chi connectivity index (χ0) is 14.0. The molecule has 1 atom stereocenters. The van der Waals surface area contributed by atoms with E-state index in [1.165, 1.54) is 17.0 Å². The van der Waals surface area contributed by atoms with Gasteiger partial charge < -0.3 is 14.8 Å². The summed E-state index contributed by atoms with van der Waals surface area (Å²) >= 11 is 1.60. The molecule has 100 valence electrons. The molecule has 6 heteroatoms. The number of carbonyl (C=O) groups is 2. The Bertz CT molecular complexity index is 614. The highest BCUT2D eigenvalue weighted by Crippen LogP contribution is 2.22. The third kappa shape index (κ3) is 3.03. The second kappa shape index (κ2) is 5.27. The van der Waals surface area contributed by atoms with Crippen molar-refractivity contribution >= 4 is 23.2 Å². The SMILES string of the molecule is Cc1ccc(C(C)NC(=O)c2ccc(C(=O)O)o2)s1. The van der Waals surface area contributed by atoms with Crippen LogP contribution in [0.5, 0.6) is 0 Å². The van der Waals surface area contributed by atoms with Crippen LogP contribution in [0.3, 0.4) is 0 Å². The van der Waals surface area contributed by atoms with Crippen molar-refractivity contribution in [2.45, 2.75) is 19.9 Å². The number of hydrogen-bond acceptors (Lipinski definition) is 4. The molecule has 0 aliphatic carbocycles. The van der Waals surface area contributed by atoms with E-state index in [9.17, 15) is 9.59 Å².